The van der Waals surface area contributed by atoms with Crippen LogP contribution in [0.5, 0.6) is 11.5 Å². The highest BCUT2D eigenvalue weighted by atomic mass is 16.5. The number of nitrogens with zero attached hydrogens (tertiary/aromatic N) is 1. The number of nitrogens with one attached hydrogen (secondary N) is 1. The summed E-state index contributed by atoms with van der Waals surface area (Å²) < 4.78 is 11.2. The molecule has 29 heavy (non-hydrogen) atoms. The van der Waals surface area contributed by atoms with Crippen molar-refractivity contribution < 1.29 is 14.3 Å². The number of carbonyl (C=O) groups excluding carboxylic acids is 1. The van der Waals surface area contributed by atoms with Crippen LogP contribution in [0.25, 0.3) is 0 Å². The molecule has 5 nitrogen and oxygen atoms in total. The summed E-state index contributed by atoms with van der Waals surface area (Å²) in [5, 5.41) is 3.16. The van der Waals surface area contributed by atoms with Crippen LogP contribution in [0.2, 0.25) is 0 Å². The largest absolute Gasteiger partial charge is 0.493 e. The van der Waals surface area contributed by atoms with Gasteiger partial charge in [0.1, 0.15) is 0 Å². The van der Waals surface area contributed by atoms with Crippen molar-refractivity contribution in [1.82, 2.24) is 10.2 Å². The van der Waals surface area contributed by atoms with E-state index in [1.807, 2.05) is 12.1 Å². The maximum Gasteiger partial charge on any atom is 0.251 e. The number of benzene rings is 2. The molecule has 156 valence electrons. The van der Waals surface area contributed by atoms with Crippen LogP contribution in [0.4, 0.5) is 0 Å². The molecule has 0 saturated carbocycles. The molecule has 0 radical (unpaired) electrons. The van der Waals surface area contributed by atoms with Crippen LogP contribution in [0, 0.1) is 5.92 Å². The summed E-state index contributed by atoms with van der Waals surface area (Å²) in [6.07, 6.45) is 1.94. The average Bonchev–Trinajstić information content (AvgIpc) is 3.15. The zero-order chi connectivity index (χ0) is 20.6. The van der Waals surface area contributed by atoms with E-state index >= 15 is 0 Å². The van der Waals surface area contributed by atoms with Gasteiger partial charge in [0.15, 0.2) is 11.5 Å². The van der Waals surface area contributed by atoms with Crippen LogP contribution in [0.15, 0.2) is 48.5 Å². The molecule has 1 unspecified atom stereocenters. The van der Waals surface area contributed by atoms with Gasteiger partial charge in [-0.25, -0.2) is 0 Å². The zero-order valence-electron chi connectivity index (χ0n) is 17.7. The molecular weight excluding hydrogens is 364 g/mol. The fourth-order valence-corrected chi connectivity index (χ4v) is 3.54. The van der Waals surface area contributed by atoms with Gasteiger partial charge in [0.05, 0.1) is 13.7 Å². The minimum Gasteiger partial charge on any atom is -0.493 e. The Kier molecular flexibility index (Phi) is 7.53. The first-order valence-corrected chi connectivity index (χ1v) is 10.4. The van der Waals surface area contributed by atoms with Crippen molar-refractivity contribution in [3.05, 3.63) is 59.7 Å². The van der Waals surface area contributed by atoms with E-state index in [1.165, 1.54) is 5.56 Å². The van der Waals surface area contributed by atoms with Gasteiger partial charge >= 0.3 is 0 Å². The molecule has 1 fully saturated rings. The van der Waals surface area contributed by atoms with Crippen molar-refractivity contribution in [2.75, 3.05) is 26.8 Å². The van der Waals surface area contributed by atoms with Crippen molar-refractivity contribution in [3.63, 3.8) is 0 Å². The summed E-state index contributed by atoms with van der Waals surface area (Å²) in [7, 11) is 1.60. The quantitative estimate of drug-likeness (QED) is 0.693. The Balaban J connectivity index is 1.53. The highest BCUT2D eigenvalue weighted by molar-refractivity contribution is 5.95. The standard InChI is InChI=1S/C24H32N2O3/c1-18(2)12-14-29-22-10-9-20(15-23(22)28-3)24(27)25-21-11-13-26(17-21)16-19-7-5-4-6-8-19/h4-10,15,18,21H,11-14,16-17H2,1-3H3,(H,25,27). The van der Waals surface area contributed by atoms with Gasteiger partial charge in [-0.3, -0.25) is 9.69 Å². The zero-order valence-corrected chi connectivity index (χ0v) is 17.7. The summed E-state index contributed by atoms with van der Waals surface area (Å²) >= 11 is 0. The fourth-order valence-electron chi connectivity index (χ4n) is 3.54. The van der Waals surface area contributed by atoms with Gasteiger partial charge in [0.25, 0.3) is 5.91 Å². The smallest absolute Gasteiger partial charge is 0.251 e. The Labute approximate surface area is 174 Å². The Morgan fingerprint density at radius 3 is 2.69 bits per heavy atom. The molecule has 3 rings (SSSR count). The maximum absolute atomic E-state index is 12.7. The monoisotopic (exact) mass is 396 g/mol. The summed E-state index contributed by atoms with van der Waals surface area (Å²) in [5.41, 5.74) is 1.90. The highest BCUT2D eigenvalue weighted by Gasteiger charge is 2.24. The minimum atomic E-state index is -0.0661. The Morgan fingerprint density at radius 2 is 1.97 bits per heavy atom. The Morgan fingerprint density at radius 1 is 1.17 bits per heavy atom. The first-order chi connectivity index (χ1) is 14.0. The molecule has 0 spiro atoms. The van der Waals surface area contributed by atoms with Gasteiger partial charge in [-0.2, -0.15) is 0 Å². The first kappa shape index (κ1) is 21.2. The van der Waals surface area contributed by atoms with E-state index in [4.69, 9.17) is 9.47 Å². The third kappa shape index (κ3) is 6.23. The van der Waals surface area contributed by atoms with Gasteiger partial charge in [-0.05, 0) is 42.5 Å². The maximum atomic E-state index is 12.7. The van der Waals surface area contributed by atoms with E-state index in [-0.39, 0.29) is 11.9 Å². The van der Waals surface area contributed by atoms with Crippen molar-refractivity contribution in [1.29, 1.82) is 0 Å². The number of carbonyl (C=O) groups is 1. The van der Waals surface area contributed by atoms with Crippen molar-refractivity contribution in [2.24, 2.45) is 5.92 Å². The number of likely N-dealkylation sites (tertiary alicyclic amines) is 1. The third-order valence-electron chi connectivity index (χ3n) is 5.24. The van der Waals surface area contributed by atoms with Crippen LogP contribution in [-0.2, 0) is 6.54 Å². The fraction of sp³-hybridized carbons (Fsp3) is 0.458. The van der Waals surface area contributed by atoms with Crippen LogP contribution < -0.4 is 14.8 Å². The van der Waals surface area contributed by atoms with Crippen molar-refractivity contribution >= 4 is 5.91 Å². The Bertz CT molecular complexity index is 792. The molecule has 2 aromatic carbocycles. The minimum absolute atomic E-state index is 0.0661. The molecule has 2 aromatic rings. The Hall–Kier alpha value is -2.53. The summed E-state index contributed by atoms with van der Waals surface area (Å²) in [5.74, 6) is 1.79. The molecule has 0 aliphatic carbocycles. The predicted molar refractivity (Wildman–Crippen MR) is 116 cm³/mol. The lowest BCUT2D eigenvalue weighted by atomic mass is 10.1. The second kappa shape index (κ2) is 10.3. The van der Waals surface area contributed by atoms with Crippen molar-refractivity contribution in [2.45, 2.75) is 39.3 Å². The van der Waals surface area contributed by atoms with E-state index < -0.39 is 0 Å². The first-order valence-electron chi connectivity index (χ1n) is 10.4. The van der Waals surface area contributed by atoms with E-state index in [0.29, 0.717) is 29.6 Å². The van der Waals surface area contributed by atoms with Gasteiger partial charge in [0, 0.05) is 31.2 Å². The summed E-state index contributed by atoms with van der Waals surface area (Å²) in [6.45, 7) is 7.75. The number of amides is 1. The number of rotatable bonds is 9. The molecular formula is C24H32N2O3. The lowest BCUT2D eigenvalue weighted by Crippen LogP contribution is -2.37. The number of hydrogen-bond donors (Lipinski definition) is 1. The molecule has 1 saturated heterocycles. The molecule has 1 heterocycles. The molecule has 1 aliphatic heterocycles. The van der Waals surface area contributed by atoms with Gasteiger partial charge in [-0.1, -0.05) is 44.2 Å². The molecule has 5 heteroatoms. The normalized spacial score (nSPS) is 16.8. The van der Waals surface area contributed by atoms with E-state index in [2.05, 4.69) is 48.3 Å². The molecule has 1 N–H and O–H groups in total. The van der Waals surface area contributed by atoms with Crippen molar-refractivity contribution in [3.8, 4) is 11.5 Å². The highest BCUT2D eigenvalue weighted by Crippen LogP contribution is 2.28. The number of hydrogen-bond acceptors (Lipinski definition) is 4. The molecule has 1 aliphatic rings. The van der Waals surface area contributed by atoms with Gasteiger partial charge in [0.2, 0.25) is 0 Å². The molecule has 0 aromatic heterocycles. The number of ether oxygens (including phenoxy) is 2. The lowest BCUT2D eigenvalue weighted by Gasteiger charge is -2.17. The van der Waals surface area contributed by atoms with Gasteiger partial charge in [-0.15, -0.1) is 0 Å². The van der Waals surface area contributed by atoms with Crippen LogP contribution in [0.1, 0.15) is 42.6 Å². The second-order valence-electron chi connectivity index (χ2n) is 8.08. The summed E-state index contributed by atoms with van der Waals surface area (Å²) in [6, 6.07) is 16.0. The molecule has 1 amide bonds. The summed E-state index contributed by atoms with van der Waals surface area (Å²) in [4.78, 5) is 15.1. The SMILES string of the molecule is COc1cc(C(=O)NC2CCN(Cc3ccccc3)C2)ccc1OCCC(C)C. The van der Waals surface area contributed by atoms with E-state index in [9.17, 15) is 4.79 Å². The molecule has 0 bridgehead atoms. The number of methoxy groups -OCH3 is 1. The van der Waals surface area contributed by atoms with Crippen LogP contribution in [0.3, 0.4) is 0 Å². The topological polar surface area (TPSA) is 50.8 Å². The van der Waals surface area contributed by atoms with Crippen LogP contribution in [-0.4, -0.2) is 43.7 Å². The van der Waals surface area contributed by atoms with E-state index in [0.717, 1.165) is 32.5 Å². The third-order valence-corrected chi connectivity index (χ3v) is 5.24. The molecule has 1 atom stereocenters. The van der Waals surface area contributed by atoms with E-state index in [1.54, 1.807) is 19.2 Å². The van der Waals surface area contributed by atoms with Crippen LogP contribution >= 0.6 is 0 Å². The second-order valence-corrected chi connectivity index (χ2v) is 8.08. The van der Waals surface area contributed by atoms with Gasteiger partial charge < -0.3 is 14.8 Å². The average molecular weight is 397 g/mol. The predicted octanol–water partition coefficient (Wildman–Crippen LogP) is 4.12. The lowest BCUT2D eigenvalue weighted by molar-refractivity contribution is 0.0937.